The summed E-state index contributed by atoms with van der Waals surface area (Å²) in [6, 6.07) is 46.6. The smallest absolute Gasteiger partial charge is 0.416 e. The fourth-order valence-electron chi connectivity index (χ4n) is 5.86. The summed E-state index contributed by atoms with van der Waals surface area (Å²) in [6.45, 7) is 0. The average Bonchev–Trinajstić information content (AvgIpc) is 3.52. The first-order valence-corrected chi connectivity index (χ1v) is 14.6. The molecule has 0 fully saturated rings. The predicted octanol–water partition coefficient (Wildman–Crippen LogP) is 11.8. The van der Waals surface area contributed by atoms with Crippen molar-refractivity contribution < 1.29 is 17.6 Å². The van der Waals surface area contributed by atoms with Crippen LogP contribution in [0, 0.1) is 0 Å². The summed E-state index contributed by atoms with van der Waals surface area (Å²) in [4.78, 5) is 4.60. The molecule has 1 aromatic heterocycles. The van der Waals surface area contributed by atoms with E-state index >= 15 is 0 Å². The van der Waals surface area contributed by atoms with Crippen LogP contribution in [0.2, 0.25) is 0 Å². The van der Waals surface area contributed by atoms with Crippen molar-refractivity contribution in [2.75, 3.05) is 0 Å². The summed E-state index contributed by atoms with van der Waals surface area (Å²) in [7, 11) is 0. The van der Waals surface area contributed by atoms with E-state index in [2.05, 4.69) is 71.7 Å². The Morgan fingerprint density at radius 3 is 1.29 bits per heavy atom. The van der Waals surface area contributed by atoms with Gasteiger partial charge in [-0.15, -0.1) is 0 Å². The second-order valence-electron chi connectivity index (χ2n) is 11.2. The normalized spacial score (nSPS) is 11.9. The predicted molar refractivity (Wildman–Crippen MR) is 176 cm³/mol. The summed E-state index contributed by atoms with van der Waals surface area (Å²) in [6.07, 6.45) is -4.34. The van der Waals surface area contributed by atoms with Crippen LogP contribution in [-0.4, -0.2) is 4.98 Å². The van der Waals surface area contributed by atoms with Crippen LogP contribution >= 0.6 is 0 Å². The molecule has 5 heteroatoms. The molecule has 8 rings (SSSR count). The van der Waals surface area contributed by atoms with Gasteiger partial charge in [0.1, 0.15) is 5.52 Å². The molecule has 0 atom stereocenters. The van der Waals surface area contributed by atoms with Crippen molar-refractivity contribution in [1.82, 2.24) is 4.98 Å². The molecule has 216 valence electrons. The molecule has 0 aliphatic rings. The maximum absolute atomic E-state index is 13.0. The number of rotatable bonds is 4. The number of para-hydroxylation sites is 2. The van der Waals surface area contributed by atoms with E-state index in [0.717, 1.165) is 83.7 Å². The Labute approximate surface area is 257 Å². The van der Waals surface area contributed by atoms with Crippen molar-refractivity contribution in [3.05, 3.63) is 151 Å². The Kier molecular flexibility index (Phi) is 6.27. The number of aromatic nitrogens is 1. The topological polar surface area (TPSA) is 26.0 Å². The molecule has 0 aliphatic carbocycles. The van der Waals surface area contributed by atoms with Gasteiger partial charge in [-0.2, -0.15) is 13.2 Å². The number of alkyl halides is 3. The van der Waals surface area contributed by atoms with E-state index < -0.39 is 11.7 Å². The molecule has 0 bridgehead atoms. The van der Waals surface area contributed by atoms with Crippen LogP contribution in [0.3, 0.4) is 0 Å². The molecule has 0 N–H and O–H groups in total. The first kappa shape index (κ1) is 26.9. The molecule has 45 heavy (non-hydrogen) atoms. The molecular formula is C40H24F3NO. The standard InChI is InChI=1S/C40H24F3NO/c41-40(42,43)36-19-17-26(18-20-36)29-10-12-33-24-35(16-14-31(33)22-29)34-15-13-30-21-28(9-11-32(30)23-34)25-5-7-27(8-6-25)39-44-37-3-1-2-4-38(37)45-39/h1-24H. The highest BCUT2D eigenvalue weighted by molar-refractivity contribution is 5.94. The maximum Gasteiger partial charge on any atom is 0.416 e. The van der Waals surface area contributed by atoms with Crippen molar-refractivity contribution in [3.8, 4) is 44.8 Å². The van der Waals surface area contributed by atoms with Crippen molar-refractivity contribution >= 4 is 32.6 Å². The van der Waals surface area contributed by atoms with Gasteiger partial charge in [0.15, 0.2) is 5.58 Å². The van der Waals surface area contributed by atoms with Crippen molar-refractivity contribution in [1.29, 1.82) is 0 Å². The molecule has 8 aromatic rings. The van der Waals surface area contributed by atoms with Gasteiger partial charge in [0.05, 0.1) is 5.56 Å². The zero-order chi connectivity index (χ0) is 30.5. The fraction of sp³-hybridized carbons (Fsp3) is 0.0250. The second-order valence-corrected chi connectivity index (χ2v) is 11.2. The highest BCUT2D eigenvalue weighted by Gasteiger charge is 2.30. The summed E-state index contributed by atoms with van der Waals surface area (Å²) in [5.41, 5.74) is 8.02. The van der Waals surface area contributed by atoms with E-state index in [4.69, 9.17) is 4.42 Å². The van der Waals surface area contributed by atoms with Crippen LogP contribution in [0.4, 0.5) is 13.2 Å². The molecule has 2 nitrogen and oxygen atoms in total. The van der Waals surface area contributed by atoms with Crippen molar-refractivity contribution in [2.45, 2.75) is 6.18 Å². The van der Waals surface area contributed by atoms with Gasteiger partial charge in [-0.05, 0) is 116 Å². The van der Waals surface area contributed by atoms with Gasteiger partial charge in [0, 0.05) is 5.56 Å². The zero-order valence-corrected chi connectivity index (χ0v) is 23.8. The largest absolute Gasteiger partial charge is 0.436 e. The first-order chi connectivity index (χ1) is 21.9. The number of fused-ring (bicyclic) bond motifs is 3. The molecule has 0 radical (unpaired) electrons. The van der Waals surface area contributed by atoms with Gasteiger partial charge in [-0.3, -0.25) is 0 Å². The molecule has 0 spiro atoms. The lowest BCUT2D eigenvalue weighted by Gasteiger charge is -2.10. The quantitative estimate of drug-likeness (QED) is 0.203. The van der Waals surface area contributed by atoms with E-state index in [0.29, 0.717) is 5.89 Å². The third kappa shape index (κ3) is 5.12. The fourth-order valence-corrected chi connectivity index (χ4v) is 5.86. The Morgan fingerprint density at radius 2 is 0.822 bits per heavy atom. The minimum atomic E-state index is -4.34. The van der Waals surface area contributed by atoms with Gasteiger partial charge < -0.3 is 4.42 Å². The Balaban J connectivity index is 1.04. The van der Waals surface area contributed by atoms with Gasteiger partial charge in [0.25, 0.3) is 0 Å². The van der Waals surface area contributed by atoms with Gasteiger partial charge in [-0.1, -0.05) is 84.9 Å². The molecule has 0 saturated heterocycles. The third-order valence-electron chi connectivity index (χ3n) is 8.32. The lowest BCUT2D eigenvalue weighted by molar-refractivity contribution is -0.137. The maximum atomic E-state index is 13.0. The Bertz CT molecular complexity index is 2320. The van der Waals surface area contributed by atoms with Crippen molar-refractivity contribution in [3.63, 3.8) is 0 Å². The second kappa shape index (κ2) is 10.5. The molecule has 0 saturated carbocycles. The third-order valence-corrected chi connectivity index (χ3v) is 8.32. The summed E-state index contributed by atoms with van der Waals surface area (Å²) in [5.74, 6) is 0.613. The van der Waals surface area contributed by atoms with Crippen LogP contribution in [0.5, 0.6) is 0 Å². The molecule has 7 aromatic carbocycles. The van der Waals surface area contributed by atoms with Gasteiger partial charge in [0.2, 0.25) is 5.89 Å². The van der Waals surface area contributed by atoms with Crippen molar-refractivity contribution in [2.24, 2.45) is 0 Å². The number of hydrogen-bond acceptors (Lipinski definition) is 2. The van der Waals surface area contributed by atoms with E-state index in [1.54, 1.807) is 0 Å². The van der Waals surface area contributed by atoms with Crippen LogP contribution in [0.1, 0.15) is 5.56 Å². The Hall–Kier alpha value is -5.68. The van der Waals surface area contributed by atoms with Crippen LogP contribution in [0.15, 0.2) is 150 Å². The van der Waals surface area contributed by atoms with Crippen LogP contribution in [-0.2, 0) is 6.18 Å². The lowest BCUT2D eigenvalue weighted by Crippen LogP contribution is -2.03. The summed E-state index contributed by atoms with van der Waals surface area (Å²) in [5, 5.41) is 4.40. The van der Waals surface area contributed by atoms with E-state index in [1.165, 1.54) is 12.1 Å². The zero-order valence-electron chi connectivity index (χ0n) is 23.8. The number of oxazole rings is 1. The summed E-state index contributed by atoms with van der Waals surface area (Å²) >= 11 is 0. The van der Waals surface area contributed by atoms with Gasteiger partial charge >= 0.3 is 6.18 Å². The number of benzene rings is 7. The number of halogens is 3. The molecule has 0 unspecified atom stereocenters. The molecule has 0 amide bonds. The Morgan fingerprint density at radius 1 is 0.422 bits per heavy atom. The van der Waals surface area contributed by atoms with E-state index in [-0.39, 0.29) is 0 Å². The lowest BCUT2D eigenvalue weighted by atomic mass is 9.95. The van der Waals surface area contributed by atoms with Crippen LogP contribution < -0.4 is 0 Å². The monoisotopic (exact) mass is 591 g/mol. The van der Waals surface area contributed by atoms with Crippen LogP contribution in [0.25, 0.3) is 77.5 Å². The number of nitrogens with zero attached hydrogens (tertiary/aromatic N) is 1. The molecule has 0 aliphatic heterocycles. The average molecular weight is 592 g/mol. The SMILES string of the molecule is FC(F)(F)c1ccc(-c2ccc3cc(-c4ccc5cc(-c6ccc(-c7nc8ccccc8o7)cc6)ccc5c4)ccc3c2)cc1. The molecule has 1 heterocycles. The number of hydrogen-bond donors (Lipinski definition) is 0. The minimum Gasteiger partial charge on any atom is -0.436 e. The highest BCUT2D eigenvalue weighted by Crippen LogP contribution is 2.34. The summed E-state index contributed by atoms with van der Waals surface area (Å²) < 4.78 is 44.8. The highest BCUT2D eigenvalue weighted by atomic mass is 19.4. The van der Waals surface area contributed by atoms with E-state index in [9.17, 15) is 13.2 Å². The molecular weight excluding hydrogens is 567 g/mol. The first-order valence-electron chi connectivity index (χ1n) is 14.6. The van der Waals surface area contributed by atoms with Gasteiger partial charge in [-0.25, -0.2) is 4.98 Å². The van der Waals surface area contributed by atoms with E-state index in [1.807, 2.05) is 54.6 Å². The minimum absolute atomic E-state index is 0.613.